The fourth-order valence-corrected chi connectivity index (χ4v) is 3.28. The Hall–Kier alpha value is -1.81. The third kappa shape index (κ3) is 3.84. The van der Waals surface area contributed by atoms with Crippen molar-refractivity contribution in [3.63, 3.8) is 0 Å². The van der Waals surface area contributed by atoms with Crippen LogP contribution in [0, 0.1) is 0 Å². The smallest absolute Gasteiger partial charge is 0.232 e. The van der Waals surface area contributed by atoms with E-state index in [1.54, 1.807) is 6.07 Å². The number of sulfonamides is 1. The summed E-state index contributed by atoms with van der Waals surface area (Å²) < 4.78 is 26.8. The molecule has 0 aliphatic rings. The van der Waals surface area contributed by atoms with Crippen molar-refractivity contribution < 1.29 is 8.42 Å². The summed E-state index contributed by atoms with van der Waals surface area (Å²) >= 11 is 0. The zero-order valence-electron chi connectivity index (χ0n) is 11.5. The summed E-state index contributed by atoms with van der Waals surface area (Å²) in [5, 5.41) is 0. The van der Waals surface area contributed by atoms with E-state index in [9.17, 15) is 8.42 Å². The van der Waals surface area contributed by atoms with Gasteiger partial charge in [0, 0.05) is 5.56 Å². The second kappa shape index (κ2) is 6.57. The van der Waals surface area contributed by atoms with Gasteiger partial charge in [-0.3, -0.25) is 4.72 Å². The van der Waals surface area contributed by atoms with E-state index in [1.165, 1.54) is 0 Å². The Morgan fingerprint density at radius 1 is 0.950 bits per heavy atom. The monoisotopic (exact) mass is 289 g/mol. The van der Waals surface area contributed by atoms with Crippen LogP contribution in [0.25, 0.3) is 11.1 Å². The van der Waals surface area contributed by atoms with Gasteiger partial charge in [-0.15, -0.1) is 0 Å². The molecule has 2 aromatic rings. The molecule has 106 valence electrons. The van der Waals surface area contributed by atoms with E-state index in [-0.39, 0.29) is 5.75 Å². The molecule has 0 unspecified atom stereocenters. The lowest BCUT2D eigenvalue weighted by atomic mass is 10.0. The van der Waals surface area contributed by atoms with Crippen molar-refractivity contribution in [1.82, 2.24) is 0 Å². The summed E-state index contributed by atoms with van der Waals surface area (Å²) in [5.41, 5.74) is 2.53. The van der Waals surface area contributed by atoms with Crippen LogP contribution in [-0.4, -0.2) is 14.2 Å². The molecular weight excluding hydrogens is 270 g/mol. The highest BCUT2D eigenvalue weighted by molar-refractivity contribution is 7.92. The van der Waals surface area contributed by atoms with Gasteiger partial charge in [0.2, 0.25) is 10.0 Å². The molecule has 0 spiro atoms. The van der Waals surface area contributed by atoms with E-state index < -0.39 is 10.0 Å². The number of hydrogen-bond acceptors (Lipinski definition) is 2. The lowest BCUT2D eigenvalue weighted by Gasteiger charge is -2.12. The Balaban J connectivity index is 2.30. The first-order chi connectivity index (χ1) is 9.62. The number of anilines is 1. The number of hydrogen-bond donors (Lipinski definition) is 1. The van der Waals surface area contributed by atoms with Crippen molar-refractivity contribution in [2.75, 3.05) is 10.5 Å². The number of unbranched alkanes of at least 4 members (excludes halogenated alkanes) is 1. The van der Waals surface area contributed by atoms with E-state index in [4.69, 9.17) is 0 Å². The van der Waals surface area contributed by atoms with Crippen molar-refractivity contribution in [2.24, 2.45) is 0 Å². The average Bonchev–Trinajstić information content (AvgIpc) is 2.46. The molecule has 0 saturated carbocycles. The first-order valence-electron chi connectivity index (χ1n) is 6.77. The molecule has 0 bridgehead atoms. The maximum absolute atomic E-state index is 12.0. The molecule has 0 atom stereocenters. The molecule has 20 heavy (non-hydrogen) atoms. The van der Waals surface area contributed by atoms with E-state index in [1.807, 2.05) is 55.5 Å². The lowest BCUT2D eigenvalue weighted by Crippen LogP contribution is -2.17. The van der Waals surface area contributed by atoms with Crippen LogP contribution in [0.5, 0.6) is 0 Å². The van der Waals surface area contributed by atoms with Crippen LogP contribution < -0.4 is 4.72 Å². The summed E-state index contributed by atoms with van der Waals surface area (Å²) in [5.74, 6) is 0.159. The Bertz CT molecular complexity index is 651. The van der Waals surface area contributed by atoms with Gasteiger partial charge < -0.3 is 0 Å². The lowest BCUT2D eigenvalue weighted by molar-refractivity contribution is 0.598. The molecule has 3 nitrogen and oxygen atoms in total. The molecule has 0 aromatic heterocycles. The molecule has 1 N–H and O–H groups in total. The molecule has 0 aliphatic heterocycles. The van der Waals surface area contributed by atoms with Crippen molar-refractivity contribution in [1.29, 1.82) is 0 Å². The van der Waals surface area contributed by atoms with E-state index in [0.29, 0.717) is 12.1 Å². The van der Waals surface area contributed by atoms with Crippen molar-refractivity contribution in [2.45, 2.75) is 19.8 Å². The first kappa shape index (κ1) is 14.6. The Kier molecular flexibility index (Phi) is 4.79. The summed E-state index contributed by atoms with van der Waals surface area (Å²) in [6.45, 7) is 1.98. The van der Waals surface area contributed by atoms with Gasteiger partial charge in [-0.1, -0.05) is 61.9 Å². The van der Waals surface area contributed by atoms with Crippen LogP contribution in [0.15, 0.2) is 54.6 Å². The van der Waals surface area contributed by atoms with Gasteiger partial charge in [0.1, 0.15) is 0 Å². The Labute approximate surface area is 120 Å². The third-order valence-electron chi connectivity index (χ3n) is 3.04. The maximum Gasteiger partial charge on any atom is 0.232 e. The van der Waals surface area contributed by atoms with Crippen LogP contribution in [-0.2, 0) is 10.0 Å². The molecule has 0 saturated heterocycles. The topological polar surface area (TPSA) is 46.2 Å². The quantitative estimate of drug-likeness (QED) is 0.876. The van der Waals surface area contributed by atoms with Crippen LogP contribution >= 0.6 is 0 Å². The molecule has 0 amide bonds. The number of nitrogens with one attached hydrogen (secondary N) is 1. The summed E-state index contributed by atoms with van der Waals surface area (Å²) in [7, 11) is -3.28. The van der Waals surface area contributed by atoms with Gasteiger partial charge >= 0.3 is 0 Å². The fourth-order valence-electron chi connectivity index (χ4n) is 1.99. The predicted octanol–water partition coefficient (Wildman–Crippen LogP) is 3.90. The molecule has 2 aromatic carbocycles. The number of para-hydroxylation sites is 1. The van der Waals surface area contributed by atoms with Crippen LogP contribution in [0.1, 0.15) is 19.8 Å². The van der Waals surface area contributed by atoms with Gasteiger partial charge in [0.15, 0.2) is 0 Å². The van der Waals surface area contributed by atoms with Gasteiger partial charge in [-0.05, 0) is 18.1 Å². The number of benzene rings is 2. The first-order valence-corrected chi connectivity index (χ1v) is 8.42. The van der Waals surface area contributed by atoms with Crippen LogP contribution in [0.4, 0.5) is 5.69 Å². The Morgan fingerprint density at radius 3 is 2.30 bits per heavy atom. The summed E-state index contributed by atoms with van der Waals surface area (Å²) in [6, 6.07) is 17.2. The molecule has 0 radical (unpaired) electrons. The molecular formula is C16H19NO2S. The van der Waals surface area contributed by atoms with E-state index in [2.05, 4.69) is 4.72 Å². The normalized spacial score (nSPS) is 11.2. The van der Waals surface area contributed by atoms with Crippen molar-refractivity contribution >= 4 is 15.7 Å². The fraction of sp³-hybridized carbons (Fsp3) is 0.250. The third-order valence-corrected chi connectivity index (χ3v) is 4.40. The zero-order chi connectivity index (χ0) is 14.4. The highest BCUT2D eigenvalue weighted by Crippen LogP contribution is 2.28. The van der Waals surface area contributed by atoms with Crippen LogP contribution in [0.2, 0.25) is 0 Å². The summed E-state index contributed by atoms with van der Waals surface area (Å²) in [4.78, 5) is 0. The predicted molar refractivity (Wildman–Crippen MR) is 84.2 cm³/mol. The van der Waals surface area contributed by atoms with Gasteiger partial charge in [-0.2, -0.15) is 0 Å². The zero-order valence-corrected chi connectivity index (χ0v) is 12.4. The molecule has 4 heteroatoms. The van der Waals surface area contributed by atoms with Gasteiger partial charge in [0.05, 0.1) is 11.4 Å². The van der Waals surface area contributed by atoms with Gasteiger partial charge in [0.25, 0.3) is 0 Å². The molecule has 0 aliphatic carbocycles. The second-order valence-corrected chi connectivity index (χ2v) is 6.53. The van der Waals surface area contributed by atoms with E-state index in [0.717, 1.165) is 17.5 Å². The minimum absolute atomic E-state index is 0.159. The standard InChI is InChI=1S/C16H19NO2S/c1-2-3-13-20(18,19)17-16-12-8-7-11-15(16)14-9-5-4-6-10-14/h4-12,17H,2-3,13H2,1H3. The van der Waals surface area contributed by atoms with E-state index >= 15 is 0 Å². The molecule has 0 fully saturated rings. The highest BCUT2D eigenvalue weighted by atomic mass is 32.2. The maximum atomic E-state index is 12.0. The largest absolute Gasteiger partial charge is 0.283 e. The van der Waals surface area contributed by atoms with Crippen molar-refractivity contribution in [3.05, 3.63) is 54.6 Å². The Morgan fingerprint density at radius 2 is 1.60 bits per heavy atom. The summed E-state index contributed by atoms with van der Waals surface area (Å²) in [6.07, 6.45) is 1.53. The SMILES string of the molecule is CCCCS(=O)(=O)Nc1ccccc1-c1ccccc1. The molecule has 0 heterocycles. The minimum Gasteiger partial charge on any atom is -0.283 e. The van der Waals surface area contributed by atoms with Crippen LogP contribution in [0.3, 0.4) is 0 Å². The second-order valence-electron chi connectivity index (χ2n) is 4.69. The average molecular weight is 289 g/mol. The molecule has 2 rings (SSSR count). The number of rotatable bonds is 6. The highest BCUT2D eigenvalue weighted by Gasteiger charge is 2.12. The minimum atomic E-state index is -3.28. The van der Waals surface area contributed by atoms with Crippen molar-refractivity contribution in [3.8, 4) is 11.1 Å². The van der Waals surface area contributed by atoms with Gasteiger partial charge in [-0.25, -0.2) is 8.42 Å².